The van der Waals surface area contributed by atoms with Gasteiger partial charge in [0.05, 0.1) is 11.4 Å². The van der Waals surface area contributed by atoms with Crippen LogP contribution >= 0.6 is 22.6 Å². The second kappa shape index (κ2) is 4.51. The van der Waals surface area contributed by atoms with Crippen molar-refractivity contribution < 1.29 is 0 Å². The number of hydrogen-bond donors (Lipinski definition) is 2. The van der Waals surface area contributed by atoms with E-state index >= 15 is 0 Å². The number of anilines is 2. The van der Waals surface area contributed by atoms with Gasteiger partial charge in [-0.25, -0.2) is 5.84 Å². The van der Waals surface area contributed by atoms with Crippen LogP contribution in [0.5, 0.6) is 0 Å². The fourth-order valence-electron chi connectivity index (χ4n) is 0.961. The Hall–Kier alpha value is -0.490. The van der Waals surface area contributed by atoms with E-state index in [0.717, 1.165) is 22.3 Å². The third-order valence-corrected chi connectivity index (χ3v) is 2.05. The highest BCUT2D eigenvalue weighted by molar-refractivity contribution is 14.1. The summed E-state index contributed by atoms with van der Waals surface area (Å²) >= 11 is 2.28. The maximum atomic E-state index is 5.75. The first kappa shape index (κ1) is 9.60. The van der Waals surface area contributed by atoms with Gasteiger partial charge in [-0.05, 0) is 12.1 Å². The van der Waals surface area contributed by atoms with Crippen LogP contribution in [0.3, 0.4) is 0 Å². The van der Waals surface area contributed by atoms with E-state index in [9.17, 15) is 0 Å². The van der Waals surface area contributed by atoms with Crippen molar-refractivity contribution in [3.8, 4) is 0 Å². The number of halogens is 1. The number of nitrogens with two attached hydrogens (primary N) is 2. The summed E-state index contributed by atoms with van der Waals surface area (Å²) < 4.78 is 0.989. The van der Waals surface area contributed by atoms with E-state index in [4.69, 9.17) is 11.6 Å². The normalized spacial score (nSPS) is 9.83. The van der Waals surface area contributed by atoms with Gasteiger partial charge in [-0.2, -0.15) is 0 Å². The van der Waals surface area contributed by atoms with Gasteiger partial charge in [-0.15, -0.1) is 0 Å². The van der Waals surface area contributed by atoms with Crippen LogP contribution in [-0.2, 0) is 0 Å². The Morgan fingerprint density at radius 3 is 2.58 bits per heavy atom. The molecule has 0 aliphatic heterocycles. The van der Waals surface area contributed by atoms with E-state index in [-0.39, 0.29) is 0 Å². The summed E-state index contributed by atoms with van der Waals surface area (Å²) in [6.45, 7) is 0.814. The number of nitrogen functional groups attached to an aromatic ring is 1. The highest BCUT2D eigenvalue weighted by atomic mass is 127. The average Bonchev–Trinajstić information content (AvgIpc) is 2.05. The summed E-state index contributed by atoms with van der Waals surface area (Å²) in [5.74, 6) is 5.75. The molecule has 66 valence electrons. The lowest BCUT2D eigenvalue weighted by atomic mass is 10.2. The Morgan fingerprint density at radius 1 is 1.33 bits per heavy atom. The van der Waals surface area contributed by atoms with Crippen molar-refractivity contribution in [2.75, 3.05) is 21.7 Å². The molecule has 4 N–H and O–H groups in total. The van der Waals surface area contributed by atoms with E-state index < -0.39 is 0 Å². The van der Waals surface area contributed by atoms with Crippen molar-refractivity contribution in [3.05, 3.63) is 24.3 Å². The van der Waals surface area contributed by atoms with Gasteiger partial charge in [0.25, 0.3) is 0 Å². The number of hydrazine groups is 1. The largest absolute Gasteiger partial charge is 0.397 e. The number of rotatable bonds is 3. The van der Waals surface area contributed by atoms with Gasteiger partial charge in [0.2, 0.25) is 0 Å². The van der Waals surface area contributed by atoms with Crippen LogP contribution in [0.25, 0.3) is 0 Å². The molecule has 0 fully saturated rings. The van der Waals surface area contributed by atoms with Crippen molar-refractivity contribution in [1.82, 2.24) is 0 Å². The molecule has 0 bridgehead atoms. The molecule has 0 spiro atoms. The SMILES string of the molecule is Nc1ccccc1N(N)CCI. The monoisotopic (exact) mass is 277 g/mol. The van der Waals surface area contributed by atoms with Gasteiger partial charge in [0.1, 0.15) is 0 Å². The Labute approximate surface area is 85.8 Å². The molecule has 12 heavy (non-hydrogen) atoms. The molecular formula is C8H12IN3. The summed E-state index contributed by atoms with van der Waals surface area (Å²) in [7, 11) is 0. The molecule has 1 aromatic carbocycles. The summed E-state index contributed by atoms with van der Waals surface area (Å²) in [6.07, 6.45) is 0. The van der Waals surface area contributed by atoms with Gasteiger partial charge in [0.15, 0.2) is 0 Å². The van der Waals surface area contributed by atoms with Gasteiger partial charge in [0, 0.05) is 11.0 Å². The molecule has 1 aromatic rings. The van der Waals surface area contributed by atoms with Crippen LogP contribution in [0.4, 0.5) is 11.4 Å². The van der Waals surface area contributed by atoms with Gasteiger partial charge >= 0.3 is 0 Å². The van der Waals surface area contributed by atoms with Gasteiger partial charge < -0.3 is 10.7 Å². The third-order valence-electron chi connectivity index (χ3n) is 1.57. The van der Waals surface area contributed by atoms with Gasteiger partial charge in [-0.3, -0.25) is 0 Å². The summed E-state index contributed by atoms with van der Waals surface area (Å²) in [6, 6.07) is 7.60. The first-order valence-corrected chi connectivity index (χ1v) is 5.21. The minimum atomic E-state index is 0.727. The van der Waals surface area contributed by atoms with Crippen molar-refractivity contribution in [2.24, 2.45) is 5.84 Å². The predicted octanol–water partition coefficient (Wildman–Crippen LogP) is 1.38. The van der Waals surface area contributed by atoms with Crippen LogP contribution < -0.4 is 16.6 Å². The summed E-state index contributed by atoms with van der Waals surface area (Å²) in [5.41, 5.74) is 7.35. The molecule has 0 heterocycles. The Bertz CT molecular complexity index is 252. The number of hydrogen-bond acceptors (Lipinski definition) is 3. The minimum absolute atomic E-state index is 0.727. The van der Waals surface area contributed by atoms with Crippen molar-refractivity contribution in [1.29, 1.82) is 0 Å². The fraction of sp³-hybridized carbons (Fsp3) is 0.250. The maximum Gasteiger partial charge on any atom is 0.0746 e. The first-order valence-electron chi connectivity index (χ1n) is 3.68. The Kier molecular flexibility index (Phi) is 3.61. The lowest BCUT2D eigenvalue weighted by Crippen LogP contribution is -2.33. The van der Waals surface area contributed by atoms with Gasteiger partial charge in [-0.1, -0.05) is 34.7 Å². The maximum absolute atomic E-state index is 5.75. The first-order chi connectivity index (χ1) is 5.75. The lowest BCUT2D eigenvalue weighted by Gasteiger charge is -2.18. The van der Waals surface area contributed by atoms with Crippen LogP contribution in [0.2, 0.25) is 0 Å². The second-order valence-electron chi connectivity index (χ2n) is 2.44. The van der Waals surface area contributed by atoms with E-state index in [2.05, 4.69) is 22.6 Å². The van der Waals surface area contributed by atoms with Crippen LogP contribution in [0, 0.1) is 0 Å². The molecule has 0 saturated heterocycles. The zero-order valence-corrected chi connectivity index (χ0v) is 8.86. The molecule has 0 aliphatic carbocycles. The molecule has 3 nitrogen and oxygen atoms in total. The van der Waals surface area contributed by atoms with Crippen LogP contribution in [0.15, 0.2) is 24.3 Å². The second-order valence-corrected chi connectivity index (χ2v) is 3.52. The molecular weight excluding hydrogens is 265 g/mol. The van der Waals surface area contributed by atoms with E-state index in [1.165, 1.54) is 0 Å². The third kappa shape index (κ3) is 2.25. The standard InChI is InChI=1S/C8H12IN3/c9-5-6-12(11)8-4-2-1-3-7(8)10/h1-4H,5-6,10-11H2. The molecule has 0 saturated carbocycles. The molecule has 1 rings (SSSR count). The molecule has 0 radical (unpaired) electrons. The number of nitrogens with zero attached hydrogens (tertiary/aromatic N) is 1. The molecule has 0 atom stereocenters. The Morgan fingerprint density at radius 2 is 2.00 bits per heavy atom. The predicted molar refractivity (Wildman–Crippen MR) is 61.3 cm³/mol. The highest BCUT2D eigenvalue weighted by Crippen LogP contribution is 2.19. The zero-order valence-electron chi connectivity index (χ0n) is 6.70. The average molecular weight is 277 g/mol. The van der Waals surface area contributed by atoms with Crippen LogP contribution in [-0.4, -0.2) is 11.0 Å². The lowest BCUT2D eigenvalue weighted by molar-refractivity contribution is 0.908. The summed E-state index contributed by atoms with van der Waals surface area (Å²) in [5, 5.41) is 1.67. The highest BCUT2D eigenvalue weighted by Gasteiger charge is 2.02. The van der Waals surface area contributed by atoms with Crippen LogP contribution in [0.1, 0.15) is 0 Å². The van der Waals surface area contributed by atoms with E-state index in [1.54, 1.807) is 5.01 Å². The quantitative estimate of drug-likeness (QED) is 0.288. The van der Waals surface area contributed by atoms with Crippen molar-refractivity contribution in [2.45, 2.75) is 0 Å². The molecule has 0 amide bonds. The van der Waals surface area contributed by atoms with E-state index in [1.807, 2.05) is 24.3 Å². The smallest absolute Gasteiger partial charge is 0.0746 e. The number of benzene rings is 1. The fourth-order valence-corrected chi connectivity index (χ4v) is 1.48. The van der Waals surface area contributed by atoms with E-state index in [0.29, 0.717) is 0 Å². The molecule has 4 heteroatoms. The molecule has 0 unspecified atom stereocenters. The number of para-hydroxylation sites is 2. The number of alkyl halides is 1. The van der Waals surface area contributed by atoms with Crippen molar-refractivity contribution >= 4 is 34.0 Å². The topological polar surface area (TPSA) is 55.3 Å². The minimum Gasteiger partial charge on any atom is -0.397 e. The van der Waals surface area contributed by atoms with Crippen molar-refractivity contribution in [3.63, 3.8) is 0 Å². The zero-order chi connectivity index (χ0) is 8.97. The summed E-state index contributed by atoms with van der Waals surface area (Å²) in [4.78, 5) is 0. The molecule has 0 aromatic heterocycles. The Balaban J connectivity index is 2.79. The molecule has 0 aliphatic rings.